The molecule has 0 atom stereocenters. The first-order chi connectivity index (χ1) is 23.4. The Morgan fingerprint density at radius 1 is 0.979 bits per heavy atom. The highest BCUT2D eigenvalue weighted by Gasteiger charge is 2.32. The van der Waals surface area contributed by atoms with Crippen LogP contribution in [0.3, 0.4) is 0 Å². The smallest absolute Gasteiger partial charge is 0.335 e. The van der Waals surface area contributed by atoms with E-state index in [0.29, 0.717) is 46.0 Å². The SMILES string of the molecule is COc1cc(C(=O)O)ccc1OCCCN1C(=O)/C(=C/c2cc(-c3ccc4ncccc4c3)ccc2OCCN2CCOCC2)SC1=S. The summed E-state index contributed by atoms with van der Waals surface area (Å²) in [7, 11) is 1.45. The third kappa shape index (κ3) is 7.96. The molecule has 0 unspecified atom stereocenters. The summed E-state index contributed by atoms with van der Waals surface area (Å²) < 4.78 is 23.4. The zero-order valence-corrected chi connectivity index (χ0v) is 28.1. The number of thiocarbonyl (C=S) groups is 1. The van der Waals surface area contributed by atoms with Crippen molar-refractivity contribution in [1.29, 1.82) is 0 Å². The van der Waals surface area contributed by atoms with Crippen LogP contribution in [-0.4, -0.2) is 95.8 Å². The van der Waals surface area contributed by atoms with E-state index in [1.165, 1.54) is 31.0 Å². The number of methoxy groups -OCH3 is 1. The number of thioether (sulfide) groups is 1. The van der Waals surface area contributed by atoms with Crippen molar-refractivity contribution in [3.63, 3.8) is 0 Å². The molecule has 0 spiro atoms. The summed E-state index contributed by atoms with van der Waals surface area (Å²) >= 11 is 6.88. The van der Waals surface area contributed by atoms with Gasteiger partial charge in [0.25, 0.3) is 5.91 Å². The van der Waals surface area contributed by atoms with Gasteiger partial charge in [-0.25, -0.2) is 4.79 Å². The Kier molecular flexibility index (Phi) is 10.9. The van der Waals surface area contributed by atoms with Crippen molar-refractivity contribution in [3.05, 3.63) is 89.0 Å². The number of morpholine rings is 1. The maximum absolute atomic E-state index is 13.6. The first kappa shape index (κ1) is 33.4. The topological polar surface area (TPSA) is 111 Å². The first-order valence-electron chi connectivity index (χ1n) is 15.6. The maximum atomic E-state index is 13.6. The van der Waals surface area contributed by atoms with Gasteiger partial charge in [-0.1, -0.05) is 42.2 Å². The lowest BCUT2D eigenvalue weighted by molar-refractivity contribution is -0.122. The summed E-state index contributed by atoms with van der Waals surface area (Å²) in [5.41, 5.74) is 3.85. The third-order valence-electron chi connectivity index (χ3n) is 8.07. The molecule has 4 aromatic rings. The third-order valence-corrected chi connectivity index (χ3v) is 9.45. The fourth-order valence-corrected chi connectivity index (χ4v) is 6.80. The van der Waals surface area contributed by atoms with E-state index in [4.69, 9.17) is 31.2 Å². The summed E-state index contributed by atoms with van der Waals surface area (Å²) in [6, 6.07) is 20.6. The van der Waals surface area contributed by atoms with E-state index in [1.54, 1.807) is 17.2 Å². The van der Waals surface area contributed by atoms with E-state index >= 15 is 0 Å². The minimum Gasteiger partial charge on any atom is -0.493 e. The molecule has 2 aliphatic heterocycles. The number of fused-ring (bicyclic) bond motifs is 1. The monoisotopic (exact) mass is 685 g/mol. The lowest BCUT2D eigenvalue weighted by Crippen LogP contribution is -2.38. The number of hydrogen-bond donors (Lipinski definition) is 1. The summed E-state index contributed by atoms with van der Waals surface area (Å²) in [6.45, 7) is 5.14. The van der Waals surface area contributed by atoms with Crippen molar-refractivity contribution in [2.45, 2.75) is 6.42 Å². The quantitative estimate of drug-likeness (QED) is 0.102. The Morgan fingerprint density at radius 2 is 1.75 bits per heavy atom. The second kappa shape index (κ2) is 15.6. The molecule has 6 rings (SSSR count). The van der Waals surface area contributed by atoms with Crippen LogP contribution in [0.15, 0.2) is 77.8 Å². The van der Waals surface area contributed by atoms with Gasteiger partial charge in [0, 0.05) is 43.3 Å². The Hall–Kier alpha value is -4.49. The van der Waals surface area contributed by atoms with E-state index in [-0.39, 0.29) is 18.1 Å². The van der Waals surface area contributed by atoms with Gasteiger partial charge in [-0.3, -0.25) is 19.6 Å². The molecule has 248 valence electrons. The van der Waals surface area contributed by atoms with Crippen molar-refractivity contribution in [2.75, 3.05) is 59.7 Å². The van der Waals surface area contributed by atoms with Crippen LogP contribution in [0.25, 0.3) is 28.1 Å². The molecule has 0 saturated carbocycles. The fourth-order valence-electron chi connectivity index (χ4n) is 5.50. The Bertz CT molecular complexity index is 1860. The van der Waals surface area contributed by atoms with Gasteiger partial charge < -0.3 is 24.1 Å². The molecule has 3 heterocycles. The number of amides is 1. The largest absolute Gasteiger partial charge is 0.493 e. The number of carbonyl (C=O) groups excluding carboxylic acids is 1. The van der Waals surface area contributed by atoms with Crippen LogP contribution in [0.2, 0.25) is 0 Å². The molecule has 2 fully saturated rings. The number of aromatic nitrogens is 1. The number of rotatable bonds is 13. The summed E-state index contributed by atoms with van der Waals surface area (Å²) in [4.78, 5) is 33.7. The lowest BCUT2D eigenvalue weighted by atomic mass is 10.0. The van der Waals surface area contributed by atoms with Gasteiger partial charge in [-0.05, 0) is 72.2 Å². The van der Waals surface area contributed by atoms with Crippen LogP contribution in [0.4, 0.5) is 0 Å². The van der Waals surface area contributed by atoms with Gasteiger partial charge in [0.2, 0.25) is 0 Å². The summed E-state index contributed by atoms with van der Waals surface area (Å²) in [5.74, 6) is 0.225. The second-order valence-electron chi connectivity index (χ2n) is 11.2. The predicted molar refractivity (Wildman–Crippen MR) is 190 cm³/mol. The zero-order valence-electron chi connectivity index (χ0n) is 26.4. The molecule has 0 bridgehead atoms. The van der Waals surface area contributed by atoms with Crippen LogP contribution >= 0.6 is 24.0 Å². The van der Waals surface area contributed by atoms with E-state index in [0.717, 1.165) is 60.4 Å². The van der Waals surface area contributed by atoms with Crippen molar-refractivity contribution < 1.29 is 33.6 Å². The molecule has 0 aliphatic carbocycles. The van der Waals surface area contributed by atoms with Crippen LogP contribution < -0.4 is 14.2 Å². The number of pyridine rings is 1. The van der Waals surface area contributed by atoms with Crippen LogP contribution in [0.1, 0.15) is 22.3 Å². The number of benzene rings is 3. The average Bonchev–Trinajstić information content (AvgIpc) is 3.38. The molecule has 1 aromatic heterocycles. The van der Waals surface area contributed by atoms with E-state index < -0.39 is 5.97 Å². The Labute approximate surface area is 288 Å². The van der Waals surface area contributed by atoms with Gasteiger partial charge in [-0.2, -0.15) is 0 Å². The van der Waals surface area contributed by atoms with E-state index in [2.05, 4.69) is 16.0 Å². The maximum Gasteiger partial charge on any atom is 0.335 e. The van der Waals surface area contributed by atoms with Gasteiger partial charge >= 0.3 is 5.97 Å². The zero-order chi connectivity index (χ0) is 33.5. The summed E-state index contributed by atoms with van der Waals surface area (Å²) in [5, 5.41) is 10.3. The molecule has 1 amide bonds. The van der Waals surface area contributed by atoms with E-state index in [9.17, 15) is 14.7 Å². The molecule has 12 heteroatoms. The standard InChI is InChI=1S/C36H35N3O7S2/c1-43-32-22-27(35(41)42)7-10-31(32)45-16-3-12-39-34(40)33(48-36(39)47)23-28-21-25(24-5-8-29-26(20-24)4-2-11-37-29)6-9-30(28)46-19-15-38-13-17-44-18-14-38/h2,4-11,20-23H,3,12-19H2,1H3,(H,41,42)/b33-23-. The minimum absolute atomic E-state index is 0.106. The van der Waals surface area contributed by atoms with Crippen molar-refractivity contribution in [2.24, 2.45) is 0 Å². The molecule has 2 aliphatic rings. The molecule has 0 radical (unpaired) electrons. The predicted octanol–water partition coefficient (Wildman–Crippen LogP) is 5.99. The van der Waals surface area contributed by atoms with Crippen molar-refractivity contribution in [1.82, 2.24) is 14.8 Å². The number of carbonyl (C=O) groups is 2. The van der Waals surface area contributed by atoms with Crippen molar-refractivity contribution in [3.8, 4) is 28.4 Å². The number of ether oxygens (including phenoxy) is 4. The highest BCUT2D eigenvalue weighted by atomic mass is 32.2. The van der Waals surface area contributed by atoms with Gasteiger partial charge in [-0.15, -0.1) is 0 Å². The summed E-state index contributed by atoms with van der Waals surface area (Å²) in [6.07, 6.45) is 4.15. The van der Waals surface area contributed by atoms with Gasteiger partial charge in [0.15, 0.2) is 11.5 Å². The molecule has 10 nitrogen and oxygen atoms in total. The molecular formula is C36H35N3O7S2. The molecule has 48 heavy (non-hydrogen) atoms. The average molecular weight is 686 g/mol. The van der Waals surface area contributed by atoms with E-state index in [1.807, 2.05) is 48.5 Å². The van der Waals surface area contributed by atoms with Gasteiger partial charge in [0.1, 0.15) is 16.7 Å². The first-order valence-corrected chi connectivity index (χ1v) is 16.8. The number of carboxylic acid groups (broad SMARTS) is 1. The number of aromatic carboxylic acids is 1. The highest BCUT2D eigenvalue weighted by Crippen LogP contribution is 2.36. The molecular weight excluding hydrogens is 651 g/mol. The minimum atomic E-state index is -1.05. The number of hydrogen-bond acceptors (Lipinski definition) is 10. The fraction of sp³-hybridized carbons (Fsp3) is 0.278. The Morgan fingerprint density at radius 3 is 2.56 bits per heavy atom. The van der Waals surface area contributed by atoms with Crippen molar-refractivity contribution >= 4 is 57.2 Å². The molecule has 2 saturated heterocycles. The highest BCUT2D eigenvalue weighted by molar-refractivity contribution is 8.26. The van der Waals surface area contributed by atoms with Crippen LogP contribution in [-0.2, 0) is 9.53 Å². The number of carboxylic acids is 1. The molecule has 3 aromatic carbocycles. The lowest BCUT2D eigenvalue weighted by Gasteiger charge is -2.26. The molecule has 1 N–H and O–H groups in total. The van der Waals surface area contributed by atoms with Crippen LogP contribution in [0.5, 0.6) is 17.2 Å². The second-order valence-corrected chi connectivity index (χ2v) is 12.8. The Balaban J connectivity index is 1.17. The van der Waals surface area contributed by atoms with Gasteiger partial charge in [0.05, 0.1) is 42.9 Å². The number of nitrogens with zero attached hydrogens (tertiary/aromatic N) is 3. The normalized spacial score (nSPS) is 16.1. The van der Waals surface area contributed by atoms with Crippen LogP contribution in [0, 0.1) is 0 Å².